The Balaban J connectivity index is 1.13. The predicted octanol–water partition coefficient (Wildman–Crippen LogP) is 2.02. The highest BCUT2D eigenvalue weighted by Gasteiger charge is 2.29. The fraction of sp³-hybridized carbons (Fsp3) is 0.440. The van der Waals surface area contributed by atoms with Crippen LogP contribution in [-0.4, -0.2) is 91.8 Å². The first-order chi connectivity index (χ1) is 16.1. The zero-order valence-electron chi connectivity index (χ0n) is 18.9. The lowest BCUT2D eigenvalue weighted by atomic mass is 10.1. The maximum Gasteiger partial charge on any atom is 0.254 e. The summed E-state index contributed by atoms with van der Waals surface area (Å²) in [6.45, 7) is 7.59. The summed E-state index contributed by atoms with van der Waals surface area (Å²) in [6.07, 6.45) is -0.0453. The monoisotopic (exact) mass is 451 g/mol. The van der Waals surface area contributed by atoms with Crippen LogP contribution in [0.4, 0.5) is 0 Å². The molecule has 3 heterocycles. The second kappa shape index (κ2) is 9.41. The van der Waals surface area contributed by atoms with E-state index in [0.29, 0.717) is 49.8 Å². The number of rotatable bonds is 4. The molecule has 0 saturated carbocycles. The van der Waals surface area contributed by atoms with Gasteiger partial charge in [0.1, 0.15) is 0 Å². The minimum atomic E-state index is -0.0453. The highest BCUT2D eigenvalue weighted by Crippen LogP contribution is 2.33. The summed E-state index contributed by atoms with van der Waals surface area (Å²) in [5.41, 5.74) is 2.49. The second-order valence-electron chi connectivity index (χ2n) is 8.77. The van der Waals surface area contributed by atoms with E-state index < -0.39 is 0 Å². The summed E-state index contributed by atoms with van der Waals surface area (Å²) in [6, 6.07) is 13.0. The first-order valence-corrected chi connectivity index (χ1v) is 11.5. The lowest BCUT2D eigenvalue weighted by molar-refractivity contribution is -0.0400. The fourth-order valence-corrected chi connectivity index (χ4v) is 4.53. The van der Waals surface area contributed by atoms with Gasteiger partial charge in [-0.05, 0) is 37.3 Å². The molecule has 1 unspecified atom stereocenters. The van der Waals surface area contributed by atoms with Crippen LogP contribution in [0.2, 0.25) is 0 Å². The van der Waals surface area contributed by atoms with Gasteiger partial charge in [0.2, 0.25) is 6.79 Å². The van der Waals surface area contributed by atoms with E-state index in [0.717, 1.165) is 30.8 Å². The number of carbonyl (C=O) groups excluding carboxylic acids is 2. The van der Waals surface area contributed by atoms with Gasteiger partial charge in [-0.3, -0.25) is 14.5 Å². The standard InChI is InChI=1S/C25H29N3O5/c1-18-2-4-19(5-3-18)24(29)27-10-8-26(9-11-27)15-21-16-28(12-13-31-21)25(30)20-6-7-22-23(14-20)33-17-32-22/h2-7,14,21H,8-13,15-17H2,1H3. The van der Waals surface area contributed by atoms with Crippen molar-refractivity contribution in [3.05, 3.63) is 59.2 Å². The quantitative estimate of drug-likeness (QED) is 0.709. The van der Waals surface area contributed by atoms with Crippen molar-refractivity contribution < 1.29 is 23.8 Å². The largest absolute Gasteiger partial charge is 0.454 e. The van der Waals surface area contributed by atoms with Crippen molar-refractivity contribution in [2.45, 2.75) is 13.0 Å². The number of carbonyl (C=O) groups is 2. The third-order valence-electron chi connectivity index (χ3n) is 6.47. The van der Waals surface area contributed by atoms with Crippen LogP contribution < -0.4 is 9.47 Å². The van der Waals surface area contributed by atoms with E-state index >= 15 is 0 Å². The number of hydrogen-bond acceptors (Lipinski definition) is 6. The molecule has 8 heteroatoms. The number of amides is 2. The molecule has 3 aliphatic heterocycles. The first-order valence-electron chi connectivity index (χ1n) is 11.5. The Bertz CT molecular complexity index is 1020. The zero-order valence-corrected chi connectivity index (χ0v) is 18.9. The van der Waals surface area contributed by atoms with Gasteiger partial charge in [-0.1, -0.05) is 17.7 Å². The van der Waals surface area contributed by atoms with E-state index in [4.69, 9.17) is 14.2 Å². The summed E-state index contributed by atoms with van der Waals surface area (Å²) < 4.78 is 16.7. The number of nitrogens with zero attached hydrogens (tertiary/aromatic N) is 3. The van der Waals surface area contributed by atoms with Crippen LogP contribution in [-0.2, 0) is 4.74 Å². The summed E-state index contributed by atoms with van der Waals surface area (Å²) in [5, 5.41) is 0. The summed E-state index contributed by atoms with van der Waals surface area (Å²) in [4.78, 5) is 31.9. The van der Waals surface area contributed by atoms with Crippen molar-refractivity contribution >= 4 is 11.8 Å². The van der Waals surface area contributed by atoms with Crippen LogP contribution in [0, 0.1) is 6.92 Å². The summed E-state index contributed by atoms with van der Waals surface area (Å²) >= 11 is 0. The topological polar surface area (TPSA) is 71.6 Å². The van der Waals surface area contributed by atoms with Gasteiger partial charge in [-0.2, -0.15) is 0 Å². The van der Waals surface area contributed by atoms with Crippen LogP contribution >= 0.6 is 0 Å². The van der Waals surface area contributed by atoms with Crippen LogP contribution in [0.15, 0.2) is 42.5 Å². The van der Waals surface area contributed by atoms with Gasteiger partial charge >= 0.3 is 0 Å². The number of piperazine rings is 1. The van der Waals surface area contributed by atoms with E-state index in [-0.39, 0.29) is 24.7 Å². The van der Waals surface area contributed by atoms with E-state index in [9.17, 15) is 9.59 Å². The number of ether oxygens (including phenoxy) is 3. The molecule has 2 fully saturated rings. The maximum atomic E-state index is 13.0. The van der Waals surface area contributed by atoms with Crippen molar-refractivity contribution in [1.29, 1.82) is 0 Å². The molecule has 33 heavy (non-hydrogen) atoms. The SMILES string of the molecule is Cc1ccc(C(=O)N2CCN(CC3CN(C(=O)c4ccc5c(c4)OCO5)CCO3)CC2)cc1. The third kappa shape index (κ3) is 4.82. The molecule has 1 atom stereocenters. The van der Waals surface area contributed by atoms with Gasteiger partial charge in [0, 0.05) is 56.9 Å². The van der Waals surface area contributed by atoms with Gasteiger partial charge in [0.25, 0.3) is 11.8 Å². The predicted molar refractivity (Wildman–Crippen MR) is 122 cm³/mol. The van der Waals surface area contributed by atoms with Crippen LogP contribution in [0.1, 0.15) is 26.3 Å². The maximum absolute atomic E-state index is 13.0. The molecule has 8 nitrogen and oxygen atoms in total. The van der Waals surface area contributed by atoms with Gasteiger partial charge in [-0.15, -0.1) is 0 Å². The van der Waals surface area contributed by atoms with Crippen molar-refractivity contribution in [2.75, 3.05) is 59.2 Å². The number of morpholine rings is 1. The fourth-order valence-electron chi connectivity index (χ4n) is 4.53. The van der Waals surface area contributed by atoms with Gasteiger partial charge < -0.3 is 24.0 Å². The first kappa shape index (κ1) is 21.7. The number of benzene rings is 2. The van der Waals surface area contributed by atoms with Crippen LogP contribution in [0.5, 0.6) is 11.5 Å². The Morgan fingerprint density at radius 2 is 1.55 bits per heavy atom. The molecule has 0 radical (unpaired) electrons. The third-order valence-corrected chi connectivity index (χ3v) is 6.47. The van der Waals surface area contributed by atoms with E-state index in [1.54, 1.807) is 18.2 Å². The molecule has 2 saturated heterocycles. The Morgan fingerprint density at radius 3 is 2.33 bits per heavy atom. The van der Waals surface area contributed by atoms with Crippen LogP contribution in [0.25, 0.3) is 0 Å². The van der Waals surface area contributed by atoms with Crippen LogP contribution in [0.3, 0.4) is 0 Å². The normalized spacial score (nSPS) is 20.7. The molecule has 174 valence electrons. The summed E-state index contributed by atoms with van der Waals surface area (Å²) in [7, 11) is 0. The molecule has 0 bridgehead atoms. The lowest BCUT2D eigenvalue weighted by Crippen LogP contribution is -2.54. The zero-order chi connectivity index (χ0) is 22.8. The van der Waals surface area contributed by atoms with Crippen molar-refractivity contribution in [3.8, 4) is 11.5 Å². The molecule has 5 rings (SSSR count). The van der Waals surface area contributed by atoms with Gasteiger partial charge in [0.15, 0.2) is 11.5 Å². The molecule has 2 aromatic rings. The molecule has 0 spiro atoms. The molecule has 0 aromatic heterocycles. The molecule has 2 amide bonds. The molecule has 2 aromatic carbocycles. The van der Waals surface area contributed by atoms with E-state index in [2.05, 4.69) is 4.90 Å². The number of aryl methyl sites for hydroxylation is 1. The summed E-state index contributed by atoms with van der Waals surface area (Å²) in [5.74, 6) is 1.36. The van der Waals surface area contributed by atoms with Crippen molar-refractivity contribution in [2.24, 2.45) is 0 Å². The van der Waals surface area contributed by atoms with Crippen molar-refractivity contribution in [1.82, 2.24) is 14.7 Å². The minimum Gasteiger partial charge on any atom is -0.454 e. The number of fused-ring (bicyclic) bond motifs is 1. The molecule has 0 aliphatic carbocycles. The average molecular weight is 452 g/mol. The Labute approximate surface area is 193 Å². The van der Waals surface area contributed by atoms with Gasteiger partial charge in [0.05, 0.1) is 12.7 Å². The second-order valence-corrected chi connectivity index (χ2v) is 8.77. The smallest absolute Gasteiger partial charge is 0.254 e. The lowest BCUT2D eigenvalue weighted by Gasteiger charge is -2.39. The van der Waals surface area contributed by atoms with E-state index in [1.807, 2.05) is 41.0 Å². The molecule has 3 aliphatic rings. The Kier molecular flexibility index (Phi) is 6.20. The Hall–Kier alpha value is -3.10. The average Bonchev–Trinajstić information content (AvgIpc) is 3.32. The van der Waals surface area contributed by atoms with E-state index in [1.165, 1.54) is 0 Å². The highest BCUT2D eigenvalue weighted by atomic mass is 16.7. The molecule has 0 N–H and O–H groups in total. The minimum absolute atomic E-state index is 0.0184. The molecular formula is C25H29N3O5. The number of hydrogen-bond donors (Lipinski definition) is 0. The highest BCUT2D eigenvalue weighted by molar-refractivity contribution is 5.95. The Morgan fingerprint density at radius 1 is 0.848 bits per heavy atom. The van der Waals surface area contributed by atoms with Gasteiger partial charge in [-0.25, -0.2) is 0 Å². The van der Waals surface area contributed by atoms with Crippen molar-refractivity contribution in [3.63, 3.8) is 0 Å². The molecular weight excluding hydrogens is 422 g/mol.